The van der Waals surface area contributed by atoms with Gasteiger partial charge in [-0.1, -0.05) is 32.1 Å². The Labute approximate surface area is 189 Å². The molecule has 2 aliphatic rings. The smallest absolute Gasteiger partial charge is 0.408 e. The van der Waals surface area contributed by atoms with Crippen molar-refractivity contribution >= 4 is 27.0 Å². The second-order valence-corrected chi connectivity index (χ2v) is 11.2. The molecule has 1 saturated carbocycles. The molecule has 2 heterocycles. The average molecular weight is 464 g/mol. The molecule has 1 aliphatic carbocycles. The Hall–Kier alpha value is -2.13. The summed E-state index contributed by atoms with van der Waals surface area (Å²) in [4.78, 5) is 24.4. The van der Waals surface area contributed by atoms with Gasteiger partial charge in [0.05, 0.1) is 10.4 Å². The van der Waals surface area contributed by atoms with Crippen LogP contribution in [0.4, 0.5) is 0 Å². The molecule has 2 aromatic rings. The number of nitrogens with zero attached hydrogens (tertiary/aromatic N) is 2. The lowest BCUT2D eigenvalue weighted by Gasteiger charge is -2.31. The highest BCUT2D eigenvalue weighted by Crippen LogP contribution is 2.27. The van der Waals surface area contributed by atoms with Crippen molar-refractivity contribution in [3.05, 3.63) is 28.7 Å². The van der Waals surface area contributed by atoms with Crippen molar-refractivity contribution in [2.75, 3.05) is 13.1 Å². The molecule has 0 atom stereocenters. The van der Waals surface area contributed by atoms with E-state index in [2.05, 4.69) is 5.32 Å². The van der Waals surface area contributed by atoms with Gasteiger partial charge in [-0.15, -0.1) is 0 Å². The molecule has 2 fully saturated rings. The zero-order valence-electron chi connectivity index (χ0n) is 18.7. The number of sulfonamides is 1. The number of aromatic nitrogens is 1. The summed E-state index contributed by atoms with van der Waals surface area (Å²) in [6, 6.07) is 4.82. The summed E-state index contributed by atoms with van der Waals surface area (Å²) in [6.07, 6.45) is 10.1. The molecule has 9 heteroatoms. The number of aryl methyl sites for hydroxylation is 1. The number of carbonyl (C=O) groups is 1. The molecule has 8 nitrogen and oxygen atoms in total. The van der Waals surface area contributed by atoms with E-state index in [9.17, 15) is 18.0 Å². The summed E-state index contributed by atoms with van der Waals surface area (Å²) >= 11 is 0. The van der Waals surface area contributed by atoms with Gasteiger partial charge in [0.15, 0.2) is 5.58 Å². The molecule has 0 spiro atoms. The molecule has 1 amide bonds. The van der Waals surface area contributed by atoms with Crippen molar-refractivity contribution in [1.82, 2.24) is 14.2 Å². The Bertz CT molecular complexity index is 1100. The van der Waals surface area contributed by atoms with Crippen LogP contribution in [0.25, 0.3) is 11.1 Å². The van der Waals surface area contributed by atoms with Crippen LogP contribution in [0.3, 0.4) is 0 Å². The molecule has 1 aromatic heterocycles. The summed E-state index contributed by atoms with van der Waals surface area (Å²) in [6.45, 7) is 0.779. The standard InChI is InChI=1S/C23H33N3O5S/c1-25-20-10-9-19(16-21(20)31-23(25)28)32(29,30)26-13-11-17(12-14-26)15-22(27)24-18-7-5-3-2-4-6-8-18/h9-10,16-18H,2-8,11-15H2,1H3,(H,24,27). The van der Waals surface area contributed by atoms with Gasteiger partial charge in [0.1, 0.15) is 0 Å². The van der Waals surface area contributed by atoms with Crippen LogP contribution < -0.4 is 11.1 Å². The molecule has 1 aromatic carbocycles. The first kappa shape index (κ1) is 23.0. The Morgan fingerprint density at radius 2 is 1.72 bits per heavy atom. The van der Waals surface area contributed by atoms with Gasteiger partial charge in [0.2, 0.25) is 15.9 Å². The number of rotatable bonds is 5. The first-order valence-corrected chi connectivity index (χ1v) is 13.2. The fourth-order valence-corrected chi connectivity index (χ4v) is 6.41. The van der Waals surface area contributed by atoms with Crippen molar-refractivity contribution in [3.63, 3.8) is 0 Å². The van der Waals surface area contributed by atoms with Gasteiger partial charge in [-0.2, -0.15) is 4.31 Å². The minimum absolute atomic E-state index is 0.0986. The third kappa shape index (κ3) is 5.09. The second-order valence-electron chi connectivity index (χ2n) is 9.22. The lowest BCUT2D eigenvalue weighted by Crippen LogP contribution is -2.41. The number of benzene rings is 1. The summed E-state index contributed by atoms with van der Waals surface area (Å²) in [7, 11) is -2.09. The predicted molar refractivity (Wildman–Crippen MR) is 122 cm³/mol. The maximum Gasteiger partial charge on any atom is 0.419 e. The van der Waals surface area contributed by atoms with Crippen LogP contribution in [0.2, 0.25) is 0 Å². The molecule has 1 aliphatic heterocycles. The van der Waals surface area contributed by atoms with E-state index in [1.54, 1.807) is 13.1 Å². The molecule has 1 saturated heterocycles. The minimum Gasteiger partial charge on any atom is -0.408 e. The van der Waals surface area contributed by atoms with E-state index in [1.807, 2.05) is 0 Å². The number of hydrogen-bond donors (Lipinski definition) is 1. The van der Waals surface area contributed by atoms with Gasteiger partial charge in [0, 0.05) is 38.7 Å². The largest absolute Gasteiger partial charge is 0.419 e. The lowest BCUT2D eigenvalue weighted by molar-refractivity contribution is -0.123. The first-order valence-electron chi connectivity index (χ1n) is 11.7. The van der Waals surface area contributed by atoms with Gasteiger partial charge >= 0.3 is 5.76 Å². The second kappa shape index (κ2) is 9.79. The summed E-state index contributed by atoms with van der Waals surface area (Å²) in [5.41, 5.74) is 0.822. The Balaban J connectivity index is 1.32. The molecule has 1 N–H and O–H groups in total. The van der Waals surface area contributed by atoms with E-state index in [-0.39, 0.29) is 28.3 Å². The van der Waals surface area contributed by atoms with Crippen LogP contribution in [0.15, 0.2) is 32.3 Å². The Morgan fingerprint density at radius 3 is 2.41 bits per heavy atom. The maximum absolute atomic E-state index is 13.1. The van der Waals surface area contributed by atoms with E-state index < -0.39 is 15.8 Å². The molecule has 32 heavy (non-hydrogen) atoms. The number of hydrogen-bond acceptors (Lipinski definition) is 5. The summed E-state index contributed by atoms with van der Waals surface area (Å²) in [5.74, 6) is -0.223. The number of nitrogens with one attached hydrogen (secondary N) is 1. The zero-order chi connectivity index (χ0) is 22.7. The third-order valence-corrected chi connectivity index (χ3v) is 8.81. The van der Waals surface area contributed by atoms with Gasteiger partial charge in [-0.05, 0) is 43.7 Å². The number of oxazole rings is 1. The van der Waals surface area contributed by atoms with Crippen molar-refractivity contribution in [2.45, 2.75) is 75.1 Å². The van der Waals surface area contributed by atoms with E-state index in [0.717, 1.165) is 12.8 Å². The van der Waals surface area contributed by atoms with Crippen molar-refractivity contribution in [3.8, 4) is 0 Å². The van der Waals surface area contributed by atoms with Gasteiger partial charge in [-0.3, -0.25) is 9.36 Å². The van der Waals surface area contributed by atoms with Crippen LogP contribution in [0.1, 0.15) is 64.2 Å². The summed E-state index contributed by atoms with van der Waals surface area (Å²) in [5, 5.41) is 3.22. The topological polar surface area (TPSA) is 102 Å². The van der Waals surface area contributed by atoms with E-state index in [4.69, 9.17) is 4.42 Å². The molecule has 4 rings (SSSR count). The minimum atomic E-state index is -3.68. The molecular weight excluding hydrogens is 430 g/mol. The van der Waals surface area contributed by atoms with Crippen molar-refractivity contribution in [1.29, 1.82) is 0 Å². The maximum atomic E-state index is 13.1. The monoisotopic (exact) mass is 463 g/mol. The SMILES string of the molecule is Cn1c(=O)oc2cc(S(=O)(=O)N3CCC(CC(=O)NC4CCCCCCC4)CC3)ccc21. The Kier molecular flexibility index (Phi) is 7.05. The summed E-state index contributed by atoms with van der Waals surface area (Å²) < 4.78 is 34.1. The van der Waals surface area contributed by atoms with Crippen LogP contribution >= 0.6 is 0 Å². The first-order chi connectivity index (χ1) is 15.3. The fourth-order valence-electron chi connectivity index (χ4n) is 4.93. The van der Waals surface area contributed by atoms with Gasteiger partial charge in [0.25, 0.3) is 0 Å². The van der Waals surface area contributed by atoms with E-state index in [1.165, 1.54) is 53.1 Å². The molecular formula is C23H33N3O5S. The highest BCUT2D eigenvalue weighted by atomic mass is 32.2. The van der Waals surface area contributed by atoms with E-state index >= 15 is 0 Å². The van der Waals surface area contributed by atoms with Gasteiger partial charge in [-0.25, -0.2) is 13.2 Å². The zero-order valence-corrected chi connectivity index (χ0v) is 19.5. The number of fused-ring (bicyclic) bond motifs is 1. The quantitative estimate of drug-likeness (QED) is 0.734. The fraction of sp³-hybridized carbons (Fsp3) is 0.652. The highest BCUT2D eigenvalue weighted by molar-refractivity contribution is 7.89. The van der Waals surface area contributed by atoms with Crippen LogP contribution in [0, 0.1) is 5.92 Å². The molecule has 0 radical (unpaired) electrons. The number of piperidine rings is 1. The van der Waals surface area contributed by atoms with Gasteiger partial charge < -0.3 is 9.73 Å². The lowest BCUT2D eigenvalue weighted by atomic mass is 9.93. The van der Waals surface area contributed by atoms with Crippen molar-refractivity contribution < 1.29 is 17.6 Å². The van der Waals surface area contributed by atoms with Crippen molar-refractivity contribution in [2.24, 2.45) is 13.0 Å². The normalized spacial score (nSPS) is 20.2. The Morgan fingerprint density at radius 1 is 1.06 bits per heavy atom. The van der Waals surface area contributed by atoms with Crippen LogP contribution in [0.5, 0.6) is 0 Å². The third-order valence-electron chi connectivity index (χ3n) is 6.92. The van der Waals surface area contributed by atoms with E-state index in [0.29, 0.717) is 37.9 Å². The molecule has 176 valence electrons. The van der Waals surface area contributed by atoms with Crippen LogP contribution in [-0.4, -0.2) is 42.3 Å². The predicted octanol–water partition coefficient (Wildman–Crippen LogP) is 3.15. The number of carbonyl (C=O) groups excluding carboxylic acids is 1. The highest BCUT2D eigenvalue weighted by Gasteiger charge is 2.31. The molecule has 0 bridgehead atoms. The van der Waals surface area contributed by atoms with Crippen LogP contribution in [-0.2, 0) is 21.9 Å². The number of amides is 1. The molecule has 0 unspecified atom stereocenters. The average Bonchev–Trinajstić information content (AvgIpc) is 3.03.